The molecule has 0 saturated heterocycles. The Morgan fingerprint density at radius 2 is 1.67 bits per heavy atom. The molecule has 0 aromatic heterocycles. The highest BCUT2D eigenvalue weighted by Gasteiger charge is 2.05. The van der Waals surface area contributed by atoms with Crippen LogP contribution in [0.3, 0.4) is 0 Å². The first-order chi connectivity index (χ1) is 8.65. The van der Waals surface area contributed by atoms with Crippen molar-refractivity contribution in [3.05, 3.63) is 69.9 Å². The van der Waals surface area contributed by atoms with E-state index in [4.69, 9.17) is 0 Å². The third-order valence-electron chi connectivity index (χ3n) is 2.76. The largest absolute Gasteiger partial charge is 0.298 e. The first kappa shape index (κ1) is 13.2. The zero-order valence-corrected chi connectivity index (χ0v) is 11.8. The van der Waals surface area contributed by atoms with E-state index in [0.717, 1.165) is 16.6 Å². The van der Waals surface area contributed by atoms with Gasteiger partial charge in [-0.3, -0.25) is 4.90 Å². The number of hydrogen-bond acceptors (Lipinski definition) is 1. The first-order valence-electron chi connectivity index (χ1n) is 5.81. The van der Waals surface area contributed by atoms with Gasteiger partial charge in [0.2, 0.25) is 0 Å². The second-order valence-corrected chi connectivity index (χ2v) is 5.31. The van der Waals surface area contributed by atoms with Crippen LogP contribution in [0, 0.1) is 5.82 Å². The summed E-state index contributed by atoms with van der Waals surface area (Å²) in [5, 5.41) is 0. The topological polar surface area (TPSA) is 3.24 Å². The molecule has 0 radical (unpaired) electrons. The molecule has 18 heavy (non-hydrogen) atoms. The van der Waals surface area contributed by atoms with Gasteiger partial charge in [-0.15, -0.1) is 0 Å². The fourth-order valence-electron chi connectivity index (χ4n) is 1.87. The highest BCUT2D eigenvalue weighted by molar-refractivity contribution is 9.10. The van der Waals surface area contributed by atoms with Gasteiger partial charge in [-0.1, -0.05) is 46.3 Å². The minimum absolute atomic E-state index is 0.139. The van der Waals surface area contributed by atoms with Gasteiger partial charge in [0.25, 0.3) is 0 Å². The van der Waals surface area contributed by atoms with Crippen LogP contribution in [0.1, 0.15) is 11.1 Å². The van der Waals surface area contributed by atoms with Crippen molar-refractivity contribution in [3.8, 4) is 0 Å². The zero-order valence-electron chi connectivity index (χ0n) is 10.2. The van der Waals surface area contributed by atoms with Crippen molar-refractivity contribution < 1.29 is 4.39 Å². The molecule has 0 fully saturated rings. The van der Waals surface area contributed by atoms with E-state index in [1.807, 2.05) is 31.3 Å². The summed E-state index contributed by atoms with van der Waals surface area (Å²) in [6.07, 6.45) is 0. The molecular formula is C15H15BrFN. The SMILES string of the molecule is CN(Cc1ccc(Br)cc1)Cc1ccccc1F. The average Bonchev–Trinajstić information content (AvgIpc) is 2.35. The van der Waals surface area contributed by atoms with Crippen LogP contribution in [-0.2, 0) is 13.1 Å². The van der Waals surface area contributed by atoms with Gasteiger partial charge in [-0.25, -0.2) is 4.39 Å². The molecule has 0 unspecified atom stereocenters. The number of nitrogens with zero attached hydrogens (tertiary/aromatic N) is 1. The van der Waals surface area contributed by atoms with E-state index in [1.54, 1.807) is 6.07 Å². The van der Waals surface area contributed by atoms with E-state index in [0.29, 0.717) is 6.54 Å². The lowest BCUT2D eigenvalue weighted by molar-refractivity contribution is 0.313. The minimum Gasteiger partial charge on any atom is -0.298 e. The molecule has 0 aliphatic heterocycles. The Morgan fingerprint density at radius 3 is 2.33 bits per heavy atom. The Balaban J connectivity index is 1.99. The second-order valence-electron chi connectivity index (χ2n) is 4.39. The van der Waals surface area contributed by atoms with Gasteiger partial charge < -0.3 is 0 Å². The Morgan fingerprint density at radius 1 is 1.00 bits per heavy atom. The van der Waals surface area contributed by atoms with Crippen LogP contribution in [0.5, 0.6) is 0 Å². The van der Waals surface area contributed by atoms with E-state index in [1.165, 1.54) is 11.6 Å². The van der Waals surface area contributed by atoms with Crippen LogP contribution in [0.4, 0.5) is 4.39 Å². The van der Waals surface area contributed by atoms with Crippen molar-refractivity contribution >= 4 is 15.9 Å². The summed E-state index contributed by atoms with van der Waals surface area (Å²) in [4.78, 5) is 2.10. The predicted molar refractivity (Wildman–Crippen MR) is 75.7 cm³/mol. The highest BCUT2D eigenvalue weighted by Crippen LogP contribution is 2.14. The summed E-state index contributed by atoms with van der Waals surface area (Å²) in [6, 6.07) is 15.1. The van der Waals surface area contributed by atoms with E-state index in [9.17, 15) is 4.39 Å². The van der Waals surface area contributed by atoms with Crippen molar-refractivity contribution in [2.45, 2.75) is 13.1 Å². The highest BCUT2D eigenvalue weighted by atomic mass is 79.9. The Labute approximate surface area is 115 Å². The first-order valence-corrected chi connectivity index (χ1v) is 6.61. The summed E-state index contributed by atoms with van der Waals surface area (Å²) >= 11 is 3.41. The molecule has 0 amide bonds. The third-order valence-corrected chi connectivity index (χ3v) is 3.29. The monoisotopic (exact) mass is 307 g/mol. The average molecular weight is 308 g/mol. The molecule has 2 rings (SSSR count). The van der Waals surface area contributed by atoms with Gasteiger partial charge in [0.1, 0.15) is 5.82 Å². The molecule has 2 aromatic carbocycles. The molecule has 0 atom stereocenters. The molecule has 0 spiro atoms. The van der Waals surface area contributed by atoms with E-state index in [2.05, 4.69) is 33.0 Å². The molecule has 3 heteroatoms. The summed E-state index contributed by atoms with van der Waals surface area (Å²) in [7, 11) is 1.99. The molecule has 2 aromatic rings. The maximum absolute atomic E-state index is 13.5. The predicted octanol–water partition coefficient (Wildman–Crippen LogP) is 4.22. The minimum atomic E-state index is -0.139. The molecule has 0 aliphatic rings. The number of hydrogen-bond donors (Lipinski definition) is 0. The molecule has 0 aliphatic carbocycles. The number of rotatable bonds is 4. The number of halogens is 2. The normalized spacial score (nSPS) is 10.9. The smallest absolute Gasteiger partial charge is 0.127 e. The molecule has 0 saturated carbocycles. The standard InChI is InChI=1S/C15H15BrFN/c1-18(10-12-6-8-14(16)9-7-12)11-13-4-2-3-5-15(13)17/h2-9H,10-11H2,1H3. The summed E-state index contributed by atoms with van der Waals surface area (Å²) in [6.45, 7) is 1.42. The molecular weight excluding hydrogens is 293 g/mol. The Hall–Kier alpha value is -1.19. The zero-order chi connectivity index (χ0) is 13.0. The Kier molecular flexibility index (Phi) is 4.50. The molecule has 94 valence electrons. The fourth-order valence-corrected chi connectivity index (χ4v) is 2.14. The van der Waals surface area contributed by atoms with Crippen LogP contribution in [0.2, 0.25) is 0 Å². The molecule has 1 nitrogen and oxygen atoms in total. The van der Waals surface area contributed by atoms with E-state index < -0.39 is 0 Å². The molecule has 0 heterocycles. The summed E-state index contributed by atoms with van der Waals surface area (Å²) < 4.78 is 14.6. The maximum atomic E-state index is 13.5. The third kappa shape index (κ3) is 3.65. The van der Waals surface area contributed by atoms with E-state index in [-0.39, 0.29) is 5.82 Å². The lowest BCUT2D eigenvalue weighted by Gasteiger charge is -2.17. The summed E-state index contributed by atoms with van der Waals surface area (Å²) in [5.74, 6) is -0.139. The lowest BCUT2D eigenvalue weighted by atomic mass is 10.1. The lowest BCUT2D eigenvalue weighted by Crippen LogP contribution is -2.17. The molecule has 0 bridgehead atoms. The van der Waals surface area contributed by atoms with Gasteiger partial charge in [0, 0.05) is 23.1 Å². The van der Waals surface area contributed by atoms with Crippen LogP contribution in [-0.4, -0.2) is 11.9 Å². The summed E-state index contributed by atoms with van der Waals surface area (Å²) in [5.41, 5.74) is 1.95. The van der Waals surface area contributed by atoms with Crippen LogP contribution in [0.15, 0.2) is 53.0 Å². The van der Waals surface area contributed by atoms with Crippen molar-refractivity contribution in [1.29, 1.82) is 0 Å². The van der Waals surface area contributed by atoms with Crippen LogP contribution < -0.4 is 0 Å². The fraction of sp³-hybridized carbons (Fsp3) is 0.200. The maximum Gasteiger partial charge on any atom is 0.127 e. The van der Waals surface area contributed by atoms with Gasteiger partial charge in [-0.2, -0.15) is 0 Å². The van der Waals surface area contributed by atoms with Crippen molar-refractivity contribution in [2.24, 2.45) is 0 Å². The van der Waals surface area contributed by atoms with Crippen LogP contribution in [0.25, 0.3) is 0 Å². The van der Waals surface area contributed by atoms with Gasteiger partial charge in [0.15, 0.2) is 0 Å². The second kappa shape index (κ2) is 6.12. The van der Waals surface area contributed by atoms with Crippen LogP contribution >= 0.6 is 15.9 Å². The van der Waals surface area contributed by atoms with Gasteiger partial charge in [-0.05, 0) is 30.8 Å². The number of benzene rings is 2. The van der Waals surface area contributed by atoms with Crippen molar-refractivity contribution in [2.75, 3.05) is 7.05 Å². The van der Waals surface area contributed by atoms with E-state index >= 15 is 0 Å². The van der Waals surface area contributed by atoms with Crippen molar-refractivity contribution in [3.63, 3.8) is 0 Å². The van der Waals surface area contributed by atoms with Gasteiger partial charge >= 0.3 is 0 Å². The quantitative estimate of drug-likeness (QED) is 0.817. The molecule has 0 N–H and O–H groups in total. The van der Waals surface area contributed by atoms with Crippen molar-refractivity contribution in [1.82, 2.24) is 4.90 Å². The van der Waals surface area contributed by atoms with Gasteiger partial charge in [0.05, 0.1) is 0 Å². The Bertz CT molecular complexity index is 510.